The minimum absolute atomic E-state index is 0.0239. The van der Waals surface area contributed by atoms with E-state index in [0.717, 1.165) is 25.9 Å². The van der Waals surface area contributed by atoms with Crippen LogP contribution >= 0.6 is 0 Å². The highest BCUT2D eigenvalue weighted by Gasteiger charge is 2.23. The van der Waals surface area contributed by atoms with Gasteiger partial charge in [-0.15, -0.1) is 0 Å². The van der Waals surface area contributed by atoms with Crippen LogP contribution in [0.1, 0.15) is 12.8 Å². The molecule has 7 nitrogen and oxygen atoms in total. The van der Waals surface area contributed by atoms with Gasteiger partial charge in [0.25, 0.3) is 11.7 Å². The smallest absolute Gasteiger partial charge is 0.298 e. The van der Waals surface area contributed by atoms with Crippen LogP contribution in [0.15, 0.2) is 22.6 Å². The number of nitrogens with zero attached hydrogens (tertiary/aromatic N) is 3. The molecule has 7 heteroatoms. The van der Waals surface area contributed by atoms with Crippen LogP contribution in [0.5, 0.6) is 0 Å². The lowest BCUT2D eigenvalue weighted by atomic mass is 9.99. The molecule has 1 aliphatic heterocycles. The summed E-state index contributed by atoms with van der Waals surface area (Å²) >= 11 is 0. The number of benzene rings is 1. The van der Waals surface area contributed by atoms with Crippen molar-refractivity contribution >= 4 is 22.8 Å². The van der Waals surface area contributed by atoms with Crippen molar-refractivity contribution in [1.29, 1.82) is 0 Å². The van der Waals surface area contributed by atoms with Crippen LogP contribution in [-0.4, -0.2) is 29.5 Å². The molecule has 0 unspecified atom stereocenters. The van der Waals surface area contributed by atoms with Crippen LogP contribution in [0, 0.1) is 16.0 Å². The molecule has 0 aliphatic carbocycles. The molecule has 3 rings (SSSR count). The van der Waals surface area contributed by atoms with Gasteiger partial charge in [0, 0.05) is 25.2 Å². The van der Waals surface area contributed by atoms with Gasteiger partial charge in [0.1, 0.15) is 5.52 Å². The second kappa shape index (κ2) is 5.09. The molecule has 2 aromatic rings. The lowest BCUT2D eigenvalue weighted by Gasteiger charge is -2.30. The zero-order valence-corrected chi connectivity index (χ0v) is 11.0. The number of nitro groups is 1. The molecule has 2 heterocycles. The van der Waals surface area contributed by atoms with Crippen LogP contribution in [0.4, 0.5) is 11.7 Å². The van der Waals surface area contributed by atoms with Crippen LogP contribution in [0.25, 0.3) is 11.1 Å². The average molecular weight is 276 g/mol. The van der Waals surface area contributed by atoms with Crippen molar-refractivity contribution in [3.05, 3.63) is 28.3 Å². The van der Waals surface area contributed by atoms with Gasteiger partial charge in [0.15, 0.2) is 5.58 Å². The van der Waals surface area contributed by atoms with Crippen LogP contribution < -0.4 is 10.6 Å². The largest absolute Gasteiger partial charge is 0.423 e. The first-order valence-electron chi connectivity index (χ1n) is 6.67. The summed E-state index contributed by atoms with van der Waals surface area (Å²) in [7, 11) is 0. The number of hydrogen-bond acceptors (Lipinski definition) is 6. The van der Waals surface area contributed by atoms with E-state index < -0.39 is 4.92 Å². The third kappa shape index (κ3) is 2.32. The fourth-order valence-electron chi connectivity index (χ4n) is 2.58. The van der Waals surface area contributed by atoms with Gasteiger partial charge in [0.05, 0.1) is 4.92 Å². The molecule has 0 radical (unpaired) electrons. The van der Waals surface area contributed by atoms with Crippen molar-refractivity contribution in [2.75, 3.05) is 24.5 Å². The second-order valence-electron chi connectivity index (χ2n) is 5.10. The number of anilines is 1. The van der Waals surface area contributed by atoms with Crippen molar-refractivity contribution in [3.63, 3.8) is 0 Å². The van der Waals surface area contributed by atoms with E-state index in [0.29, 0.717) is 29.6 Å². The third-order valence-corrected chi connectivity index (χ3v) is 3.69. The average Bonchev–Trinajstić information content (AvgIpc) is 2.90. The Hall–Kier alpha value is -2.15. The van der Waals surface area contributed by atoms with Gasteiger partial charge in [-0.3, -0.25) is 10.1 Å². The molecule has 0 spiro atoms. The SMILES string of the molecule is NC[C@H]1CCCN(c2nc3cc([N+](=O)[O-])ccc3o2)C1. The van der Waals surface area contributed by atoms with E-state index in [9.17, 15) is 10.1 Å². The Kier molecular flexibility index (Phi) is 3.27. The molecule has 2 N–H and O–H groups in total. The van der Waals surface area contributed by atoms with E-state index in [2.05, 4.69) is 9.88 Å². The van der Waals surface area contributed by atoms with Crippen molar-refractivity contribution in [2.45, 2.75) is 12.8 Å². The number of oxazole rings is 1. The normalized spacial score (nSPS) is 19.4. The van der Waals surface area contributed by atoms with Gasteiger partial charge in [-0.1, -0.05) is 0 Å². The molecular weight excluding hydrogens is 260 g/mol. The van der Waals surface area contributed by atoms with E-state index >= 15 is 0 Å². The van der Waals surface area contributed by atoms with Gasteiger partial charge < -0.3 is 15.1 Å². The summed E-state index contributed by atoms with van der Waals surface area (Å²) in [6.45, 7) is 2.36. The quantitative estimate of drug-likeness (QED) is 0.679. The first-order valence-corrected chi connectivity index (χ1v) is 6.67. The number of non-ortho nitro benzene ring substituents is 1. The van der Waals surface area contributed by atoms with Crippen molar-refractivity contribution < 1.29 is 9.34 Å². The van der Waals surface area contributed by atoms with Crippen LogP contribution in [0.2, 0.25) is 0 Å². The van der Waals surface area contributed by atoms with E-state index in [-0.39, 0.29) is 5.69 Å². The Morgan fingerprint density at radius 3 is 3.15 bits per heavy atom. The molecule has 0 bridgehead atoms. The molecule has 1 aromatic carbocycles. The Balaban J connectivity index is 1.90. The van der Waals surface area contributed by atoms with Gasteiger partial charge in [-0.2, -0.15) is 4.98 Å². The maximum absolute atomic E-state index is 10.8. The molecular formula is C13H16N4O3. The Morgan fingerprint density at radius 2 is 2.40 bits per heavy atom. The fraction of sp³-hybridized carbons (Fsp3) is 0.462. The van der Waals surface area contributed by atoms with E-state index in [4.69, 9.17) is 10.2 Å². The predicted octanol–water partition coefficient (Wildman–Crippen LogP) is 1.91. The van der Waals surface area contributed by atoms with Crippen molar-refractivity contribution in [2.24, 2.45) is 11.7 Å². The summed E-state index contributed by atoms with van der Waals surface area (Å²) in [6.07, 6.45) is 2.18. The highest BCUT2D eigenvalue weighted by atomic mass is 16.6. The summed E-state index contributed by atoms with van der Waals surface area (Å²) in [4.78, 5) is 16.8. The maximum Gasteiger partial charge on any atom is 0.298 e. The molecule has 0 amide bonds. The molecule has 0 saturated carbocycles. The lowest BCUT2D eigenvalue weighted by molar-refractivity contribution is -0.384. The summed E-state index contributed by atoms with van der Waals surface area (Å²) in [6, 6.07) is 4.98. The number of hydrogen-bond donors (Lipinski definition) is 1. The van der Waals surface area contributed by atoms with Crippen molar-refractivity contribution in [1.82, 2.24) is 4.98 Å². The first-order chi connectivity index (χ1) is 9.67. The number of aromatic nitrogens is 1. The number of nitro benzene ring substituents is 1. The molecule has 1 aromatic heterocycles. The molecule has 20 heavy (non-hydrogen) atoms. The molecule has 1 saturated heterocycles. The highest BCUT2D eigenvalue weighted by Crippen LogP contribution is 2.28. The van der Waals surface area contributed by atoms with E-state index in [1.807, 2.05) is 0 Å². The minimum atomic E-state index is -0.431. The topological polar surface area (TPSA) is 98.4 Å². The zero-order valence-electron chi connectivity index (χ0n) is 11.0. The van der Waals surface area contributed by atoms with E-state index in [1.54, 1.807) is 6.07 Å². The lowest BCUT2D eigenvalue weighted by Crippen LogP contribution is -2.38. The Bertz CT molecular complexity index is 640. The zero-order chi connectivity index (χ0) is 14.1. The summed E-state index contributed by atoms with van der Waals surface area (Å²) in [5.41, 5.74) is 6.83. The Morgan fingerprint density at radius 1 is 1.55 bits per heavy atom. The molecule has 1 aliphatic rings. The number of fused-ring (bicyclic) bond motifs is 1. The van der Waals surface area contributed by atoms with E-state index in [1.165, 1.54) is 12.1 Å². The monoisotopic (exact) mass is 276 g/mol. The van der Waals surface area contributed by atoms with Gasteiger partial charge in [0.2, 0.25) is 0 Å². The first kappa shape index (κ1) is 12.9. The van der Waals surface area contributed by atoms with Crippen molar-refractivity contribution in [3.8, 4) is 0 Å². The molecule has 106 valence electrons. The summed E-state index contributed by atoms with van der Waals surface area (Å²) in [5.74, 6) is 0.452. The molecule has 1 atom stereocenters. The van der Waals surface area contributed by atoms with Gasteiger partial charge in [-0.05, 0) is 31.4 Å². The highest BCUT2D eigenvalue weighted by molar-refractivity contribution is 5.77. The summed E-state index contributed by atoms with van der Waals surface area (Å²) < 4.78 is 5.69. The summed E-state index contributed by atoms with van der Waals surface area (Å²) in [5, 5.41) is 10.8. The second-order valence-corrected chi connectivity index (χ2v) is 5.10. The number of rotatable bonds is 3. The predicted molar refractivity (Wildman–Crippen MR) is 74.7 cm³/mol. The van der Waals surface area contributed by atoms with Crippen LogP contribution in [-0.2, 0) is 0 Å². The minimum Gasteiger partial charge on any atom is -0.423 e. The van der Waals surface area contributed by atoms with Gasteiger partial charge in [-0.25, -0.2) is 0 Å². The van der Waals surface area contributed by atoms with Gasteiger partial charge >= 0.3 is 0 Å². The fourth-order valence-corrected chi connectivity index (χ4v) is 2.58. The number of nitrogens with two attached hydrogens (primary N) is 1. The maximum atomic E-state index is 10.8. The standard InChI is InChI=1S/C13H16N4O3/c14-7-9-2-1-5-16(8-9)13-15-11-6-10(17(18)19)3-4-12(11)20-13/h3-4,6,9H,1-2,5,7-8,14H2/t9-/m1/s1. The Labute approximate surface area is 115 Å². The third-order valence-electron chi connectivity index (χ3n) is 3.69. The molecule has 1 fully saturated rings. The van der Waals surface area contributed by atoms with Crippen LogP contribution in [0.3, 0.4) is 0 Å². The number of piperidine rings is 1.